The van der Waals surface area contributed by atoms with Crippen LogP contribution in [0.25, 0.3) is 0 Å². The molecule has 0 fully saturated rings. The molecule has 1 atom stereocenters. The maximum atomic E-state index is 12.8. The molecule has 4 heteroatoms. The summed E-state index contributed by atoms with van der Waals surface area (Å²) in [5.41, 5.74) is 2.29. The van der Waals surface area contributed by atoms with Crippen LogP contribution in [0.4, 0.5) is 4.39 Å². The SMILES string of the molecule is Cc1sc(Br)cc1C(Br)c1ccc(F)cc1. The molecular formula is C12H9Br2FS. The van der Waals surface area contributed by atoms with Crippen LogP contribution >= 0.6 is 43.2 Å². The standard InChI is InChI=1S/C12H9Br2FS/c1-7-10(6-11(13)16-7)12(14)8-2-4-9(15)5-3-8/h2-6,12H,1H3. The van der Waals surface area contributed by atoms with Gasteiger partial charge in [-0.1, -0.05) is 28.1 Å². The lowest BCUT2D eigenvalue weighted by molar-refractivity contribution is 0.627. The van der Waals surface area contributed by atoms with Gasteiger partial charge < -0.3 is 0 Å². The number of hydrogen-bond donors (Lipinski definition) is 0. The molecule has 0 saturated heterocycles. The van der Waals surface area contributed by atoms with Crippen LogP contribution in [-0.2, 0) is 0 Å². The molecule has 84 valence electrons. The van der Waals surface area contributed by atoms with Crippen LogP contribution in [-0.4, -0.2) is 0 Å². The molecule has 0 spiro atoms. The molecule has 0 aliphatic heterocycles. The van der Waals surface area contributed by atoms with Gasteiger partial charge in [0.1, 0.15) is 5.82 Å². The van der Waals surface area contributed by atoms with Crippen molar-refractivity contribution in [3.63, 3.8) is 0 Å². The molecule has 0 saturated carbocycles. The van der Waals surface area contributed by atoms with Gasteiger partial charge in [-0.15, -0.1) is 11.3 Å². The highest BCUT2D eigenvalue weighted by atomic mass is 79.9. The van der Waals surface area contributed by atoms with Crippen molar-refractivity contribution in [1.82, 2.24) is 0 Å². The highest BCUT2D eigenvalue weighted by Gasteiger charge is 2.15. The maximum absolute atomic E-state index is 12.8. The fraction of sp³-hybridized carbons (Fsp3) is 0.167. The summed E-state index contributed by atoms with van der Waals surface area (Å²) in [5, 5.41) is 0. The average Bonchev–Trinajstić information content (AvgIpc) is 2.58. The summed E-state index contributed by atoms with van der Waals surface area (Å²) < 4.78 is 13.9. The number of aryl methyl sites for hydroxylation is 1. The smallest absolute Gasteiger partial charge is 0.123 e. The van der Waals surface area contributed by atoms with Crippen molar-refractivity contribution in [2.45, 2.75) is 11.8 Å². The van der Waals surface area contributed by atoms with Crippen molar-refractivity contribution in [1.29, 1.82) is 0 Å². The molecule has 1 aromatic carbocycles. The van der Waals surface area contributed by atoms with Crippen LogP contribution in [0, 0.1) is 12.7 Å². The first kappa shape index (κ1) is 12.3. The largest absolute Gasteiger partial charge is 0.207 e. The van der Waals surface area contributed by atoms with Crippen LogP contribution in [0.1, 0.15) is 20.8 Å². The number of hydrogen-bond acceptors (Lipinski definition) is 1. The van der Waals surface area contributed by atoms with E-state index in [1.807, 2.05) is 0 Å². The van der Waals surface area contributed by atoms with Crippen molar-refractivity contribution in [3.8, 4) is 0 Å². The lowest BCUT2D eigenvalue weighted by Crippen LogP contribution is -1.92. The number of rotatable bonds is 2. The summed E-state index contributed by atoms with van der Waals surface area (Å²) >= 11 is 8.83. The van der Waals surface area contributed by atoms with Gasteiger partial charge in [-0.05, 0) is 52.2 Å². The first-order valence-corrected chi connectivity index (χ1v) is 7.26. The van der Waals surface area contributed by atoms with Gasteiger partial charge in [0.15, 0.2) is 0 Å². The fourth-order valence-corrected chi connectivity index (χ4v) is 4.20. The minimum absolute atomic E-state index is 0.121. The van der Waals surface area contributed by atoms with Crippen molar-refractivity contribution in [2.75, 3.05) is 0 Å². The molecule has 0 aliphatic carbocycles. The van der Waals surface area contributed by atoms with E-state index in [0.717, 1.165) is 9.35 Å². The molecule has 1 unspecified atom stereocenters. The topological polar surface area (TPSA) is 0 Å². The Morgan fingerprint density at radius 1 is 1.25 bits per heavy atom. The predicted octanol–water partition coefficient (Wildman–Crippen LogP) is 5.44. The van der Waals surface area contributed by atoms with E-state index >= 15 is 0 Å². The molecule has 0 amide bonds. The summed E-state index contributed by atoms with van der Waals surface area (Å²) in [4.78, 5) is 1.38. The summed E-state index contributed by atoms with van der Waals surface area (Å²) in [5.74, 6) is -0.202. The molecule has 0 N–H and O–H groups in total. The van der Waals surface area contributed by atoms with Gasteiger partial charge in [0.25, 0.3) is 0 Å². The highest BCUT2D eigenvalue weighted by Crippen LogP contribution is 2.38. The zero-order valence-corrected chi connectivity index (χ0v) is 12.5. The Hall–Kier alpha value is -0.190. The number of alkyl halides is 1. The average molecular weight is 364 g/mol. The Morgan fingerprint density at radius 2 is 1.88 bits per heavy atom. The van der Waals surface area contributed by atoms with Gasteiger partial charge >= 0.3 is 0 Å². The van der Waals surface area contributed by atoms with Gasteiger partial charge in [-0.2, -0.15) is 0 Å². The number of halogens is 3. The van der Waals surface area contributed by atoms with E-state index in [1.54, 1.807) is 23.5 Å². The van der Waals surface area contributed by atoms with Crippen LogP contribution in [0.15, 0.2) is 34.1 Å². The first-order valence-electron chi connectivity index (χ1n) is 4.73. The molecule has 0 bridgehead atoms. The van der Waals surface area contributed by atoms with E-state index in [0.29, 0.717) is 0 Å². The molecule has 0 radical (unpaired) electrons. The highest BCUT2D eigenvalue weighted by molar-refractivity contribution is 9.11. The van der Waals surface area contributed by atoms with E-state index in [4.69, 9.17) is 0 Å². The van der Waals surface area contributed by atoms with E-state index in [2.05, 4.69) is 44.8 Å². The summed E-state index contributed by atoms with van der Waals surface area (Å²) in [6.45, 7) is 2.09. The van der Waals surface area contributed by atoms with Crippen molar-refractivity contribution in [3.05, 3.63) is 55.9 Å². The first-order chi connectivity index (χ1) is 7.58. The van der Waals surface area contributed by atoms with Gasteiger partial charge in [0.2, 0.25) is 0 Å². The van der Waals surface area contributed by atoms with Crippen LogP contribution in [0.3, 0.4) is 0 Å². The molecule has 1 heterocycles. The van der Waals surface area contributed by atoms with Gasteiger partial charge in [-0.3, -0.25) is 0 Å². The minimum atomic E-state index is -0.202. The number of thiophene rings is 1. The van der Waals surface area contributed by atoms with Crippen molar-refractivity contribution >= 4 is 43.2 Å². The predicted molar refractivity (Wildman–Crippen MR) is 73.9 cm³/mol. The summed E-state index contributed by atoms with van der Waals surface area (Å²) in [6, 6.07) is 8.68. The Labute approximate surface area is 115 Å². The van der Waals surface area contributed by atoms with Crippen LogP contribution in [0.2, 0.25) is 0 Å². The molecule has 2 rings (SSSR count). The third kappa shape index (κ3) is 2.55. The van der Waals surface area contributed by atoms with Crippen molar-refractivity contribution < 1.29 is 4.39 Å². The lowest BCUT2D eigenvalue weighted by atomic mass is 10.1. The van der Waals surface area contributed by atoms with E-state index < -0.39 is 0 Å². The van der Waals surface area contributed by atoms with Crippen molar-refractivity contribution in [2.24, 2.45) is 0 Å². The van der Waals surface area contributed by atoms with Crippen LogP contribution < -0.4 is 0 Å². The molecule has 1 aromatic heterocycles. The monoisotopic (exact) mass is 362 g/mol. The second kappa shape index (κ2) is 4.98. The quantitative estimate of drug-likeness (QED) is 0.623. The minimum Gasteiger partial charge on any atom is -0.207 e. The Kier molecular flexibility index (Phi) is 3.82. The Balaban J connectivity index is 2.35. The van der Waals surface area contributed by atoms with Gasteiger partial charge in [-0.25, -0.2) is 4.39 Å². The molecule has 0 nitrogen and oxygen atoms in total. The summed E-state index contributed by atoms with van der Waals surface area (Å²) in [7, 11) is 0. The second-order valence-corrected chi connectivity index (χ2v) is 7.03. The van der Waals surface area contributed by atoms with Crippen LogP contribution in [0.5, 0.6) is 0 Å². The zero-order chi connectivity index (χ0) is 11.7. The lowest BCUT2D eigenvalue weighted by Gasteiger charge is -2.09. The normalized spacial score (nSPS) is 12.8. The number of benzene rings is 1. The zero-order valence-electron chi connectivity index (χ0n) is 8.51. The third-order valence-electron chi connectivity index (χ3n) is 2.36. The molecule has 0 aliphatic rings. The Morgan fingerprint density at radius 3 is 2.38 bits per heavy atom. The molecular weight excluding hydrogens is 355 g/mol. The second-order valence-electron chi connectivity index (χ2n) is 3.48. The maximum Gasteiger partial charge on any atom is 0.123 e. The summed E-state index contributed by atoms with van der Waals surface area (Å²) in [6.07, 6.45) is 0. The third-order valence-corrected chi connectivity index (χ3v) is 4.95. The fourth-order valence-electron chi connectivity index (χ4n) is 1.52. The van der Waals surface area contributed by atoms with Gasteiger partial charge in [0, 0.05) is 4.88 Å². The molecule has 16 heavy (non-hydrogen) atoms. The Bertz CT molecular complexity index is 490. The molecule has 2 aromatic rings. The van der Waals surface area contributed by atoms with E-state index in [-0.39, 0.29) is 10.6 Å². The van der Waals surface area contributed by atoms with E-state index in [1.165, 1.54) is 22.6 Å². The van der Waals surface area contributed by atoms with E-state index in [9.17, 15) is 4.39 Å². The van der Waals surface area contributed by atoms with Gasteiger partial charge in [0.05, 0.1) is 8.61 Å².